The first-order chi connectivity index (χ1) is 9.71. The Kier molecular flexibility index (Phi) is 6.07. The quantitative estimate of drug-likeness (QED) is 0.618. The molecule has 0 aliphatic carbocycles. The van der Waals surface area contributed by atoms with E-state index in [-0.39, 0.29) is 10.8 Å². The van der Waals surface area contributed by atoms with Crippen LogP contribution in [0.5, 0.6) is 0 Å². The van der Waals surface area contributed by atoms with Crippen LogP contribution in [0, 0.1) is 0 Å². The molecule has 0 fully saturated rings. The minimum atomic E-state index is 0.178. The first kappa shape index (κ1) is 18.3. The highest BCUT2D eigenvalue weighted by atomic mass is 15.0. The first-order valence-electron chi connectivity index (χ1n) is 8.82. The summed E-state index contributed by atoms with van der Waals surface area (Å²) < 4.78 is 0. The van der Waals surface area contributed by atoms with Crippen molar-refractivity contribution in [3.63, 3.8) is 0 Å². The van der Waals surface area contributed by atoms with Gasteiger partial charge < -0.3 is 4.98 Å². The fourth-order valence-electron chi connectivity index (χ4n) is 2.92. The molecule has 0 spiro atoms. The first-order valence-corrected chi connectivity index (χ1v) is 8.82. The van der Waals surface area contributed by atoms with E-state index in [9.17, 15) is 0 Å². The molecule has 0 radical (unpaired) electrons. The van der Waals surface area contributed by atoms with Crippen LogP contribution >= 0.6 is 0 Å². The molecule has 2 nitrogen and oxygen atoms in total. The van der Waals surface area contributed by atoms with Crippen LogP contribution in [0.25, 0.3) is 0 Å². The van der Waals surface area contributed by atoms with Crippen molar-refractivity contribution in [1.29, 1.82) is 0 Å². The van der Waals surface area contributed by atoms with Crippen molar-refractivity contribution in [2.75, 3.05) is 0 Å². The van der Waals surface area contributed by atoms with Gasteiger partial charge in [-0.15, -0.1) is 0 Å². The van der Waals surface area contributed by atoms with Gasteiger partial charge in [-0.2, -0.15) is 0 Å². The van der Waals surface area contributed by atoms with Crippen LogP contribution in [0.3, 0.4) is 0 Å². The Morgan fingerprint density at radius 1 is 1.05 bits per heavy atom. The minimum Gasteiger partial charge on any atom is -0.345 e. The summed E-state index contributed by atoms with van der Waals surface area (Å²) in [6, 6.07) is 0. The average molecular weight is 293 g/mol. The molecule has 0 saturated heterocycles. The van der Waals surface area contributed by atoms with Gasteiger partial charge >= 0.3 is 0 Å². The van der Waals surface area contributed by atoms with Crippen molar-refractivity contribution in [2.24, 2.45) is 0 Å². The molecule has 0 unspecified atom stereocenters. The van der Waals surface area contributed by atoms with Crippen molar-refractivity contribution in [3.8, 4) is 0 Å². The summed E-state index contributed by atoms with van der Waals surface area (Å²) in [6.07, 6.45) is 6.03. The molecule has 0 aliphatic rings. The highest BCUT2D eigenvalue weighted by Crippen LogP contribution is 2.39. The number of aromatic nitrogens is 2. The number of rotatable bonds is 8. The monoisotopic (exact) mass is 292 g/mol. The highest BCUT2D eigenvalue weighted by Gasteiger charge is 2.35. The molecule has 0 saturated carbocycles. The number of aromatic amines is 1. The molecule has 1 heterocycles. The van der Waals surface area contributed by atoms with Crippen LogP contribution < -0.4 is 0 Å². The number of nitrogens with zero attached hydrogens (tertiary/aromatic N) is 1. The van der Waals surface area contributed by atoms with E-state index in [2.05, 4.69) is 60.4 Å². The standard InChI is InChI=1S/C19H36N2/c1-9-12-13-18(6,7)15-16(19(8,10-2)11-3)21-17(20-15)14(4)5/h14H,9-13H2,1-8H3,(H,20,21). The number of hydrogen-bond donors (Lipinski definition) is 1. The van der Waals surface area contributed by atoms with Crippen molar-refractivity contribution in [3.05, 3.63) is 17.2 Å². The molecule has 1 rings (SSSR count). The summed E-state index contributed by atoms with van der Waals surface area (Å²) in [5.74, 6) is 1.61. The Hall–Kier alpha value is -0.790. The van der Waals surface area contributed by atoms with E-state index < -0.39 is 0 Å². The van der Waals surface area contributed by atoms with Crippen LogP contribution in [0.2, 0.25) is 0 Å². The summed E-state index contributed by atoms with van der Waals surface area (Å²) in [5, 5.41) is 0. The Balaban J connectivity index is 3.35. The lowest BCUT2D eigenvalue weighted by Gasteiger charge is -2.31. The van der Waals surface area contributed by atoms with Gasteiger partial charge in [-0.05, 0) is 19.3 Å². The summed E-state index contributed by atoms with van der Waals surface area (Å²) in [4.78, 5) is 8.74. The number of hydrogen-bond acceptors (Lipinski definition) is 1. The Labute approximate surface area is 132 Å². The predicted molar refractivity (Wildman–Crippen MR) is 93.2 cm³/mol. The molecule has 1 aromatic rings. The number of nitrogens with one attached hydrogen (secondary N) is 1. The largest absolute Gasteiger partial charge is 0.345 e. The van der Waals surface area contributed by atoms with Crippen LogP contribution in [-0.2, 0) is 10.8 Å². The van der Waals surface area contributed by atoms with Gasteiger partial charge in [-0.3, -0.25) is 0 Å². The van der Waals surface area contributed by atoms with Gasteiger partial charge in [0.2, 0.25) is 0 Å². The van der Waals surface area contributed by atoms with Crippen LogP contribution in [0.1, 0.15) is 111 Å². The van der Waals surface area contributed by atoms with Crippen molar-refractivity contribution in [2.45, 2.75) is 104 Å². The smallest absolute Gasteiger partial charge is 0.109 e. The van der Waals surface area contributed by atoms with E-state index in [4.69, 9.17) is 4.98 Å². The van der Waals surface area contributed by atoms with Gasteiger partial charge in [0.25, 0.3) is 0 Å². The lowest BCUT2D eigenvalue weighted by Crippen LogP contribution is -2.28. The van der Waals surface area contributed by atoms with E-state index in [1.54, 1.807) is 0 Å². The second-order valence-electron chi connectivity index (χ2n) is 7.76. The highest BCUT2D eigenvalue weighted by molar-refractivity contribution is 5.30. The molecular formula is C19H36N2. The fourth-order valence-corrected chi connectivity index (χ4v) is 2.92. The number of H-pyrrole nitrogens is 1. The van der Waals surface area contributed by atoms with Crippen molar-refractivity contribution < 1.29 is 0 Å². The molecule has 0 aliphatic heterocycles. The third-order valence-corrected chi connectivity index (χ3v) is 5.23. The molecule has 0 aromatic carbocycles. The summed E-state index contributed by atoms with van der Waals surface area (Å²) in [6.45, 7) is 18.4. The van der Waals surface area contributed by atoms with Gasteiger partial charge in [0, 0.05) is 22.4 Å². The maximum atomic E-state index is 5.04. The maximum Gasteiger partial charge on any atom is 0.109 e. The fraction of sp³-hybridized carbons (Fsp3) is 0.842. The molecule has 1 aromatic heterocycles. The minimum absolute atomic E-state index is 0.178. The molecule has 0 amide bonds. The second kappa shape index (κ2) is 6.98. The van der Waals surface area contributed by atoms with Crippen molar-refractivity contribution >= 4 is 0 Å². The Morgan fingerprint density at radius 3 is 2.05 bits per heavy atom. The topological polar surface area (TPSA) is 28.7 Å². The second-order valence-corrected chi connectivity index (χ2v) is 7.76. The van der Waals surface area contributed by atoms with E-state index >= 15 is 0 Å². The van der Waals surface area contributed by atoms with E-state index in [1.165, 1.54) is 30.7 Å². The number of unbranched alkanes of at least 4 members (excludes halogenated alkanes) is 1. The average Bonchev–Trinajstić information content (AvgIpc) is 2.91. The van der Waals surface area contributed by atoms with E-state index in [0.717, 1.165) is 18.7 Å². The molecule has 0 bridgehead atoms. The third-order valence-electron chi connectivity index (χ3n) is 5.23. The van der Waals surface area contributed by atoms with Crippen LogP contribution in [0.4, 0.5) is 0 Å². The van der Waals surface area contributed by atoms with Crippen LogP contribution in [-0.4, -0.2) is 9.97 Å². The van der Waals surface area contributed by atoms with Crippen LogP contribution in [0.15, 0.2) is 0 Å². The van der Waals surface area contributed by atoms with Gasteiger partial charge in [-0.1, -0.05) is 68.2 Å². The van der Waals surface area contributed by atoms with Gasteiger partial charge in [0.15, 0.2) is 0 Å². The van der Waals surface area contributed by atoms with E-state index in [0.29, 0.717) is 5.92 Å². The molecule has 21 heavy (non-hydrogen) atoms. The zero-order chi connectivity index (χ0) is 16.3. The summed E-state index contributed by atoms with van der Waals surface area (Å²) in [5.41, 5.74) is 3.06. The van der Waals surface area contributed by atoms with Gasteiger partial charge in [0.05, 0.1) is 5.69 Å². The molecule has 0 atom stereocenters. The van der Waals surface area contributed by atoms with Gasteiger partial charge in [0.1, 0.15) is 5.82 Å². The number of imidazole rings is 1. The summed E-state index contributed by atoms with van der Waals surface area (Å²) >= 11 is 0. The normalized spacial score (nSPS) is 13.2. The predicted octanol–water partition coefficient (Wildman–Crippen LogP) is 6.08. The molecular weight excluding hydrogens is 256 g/mol. The Morgan fingerprint density at radius 2 is 1.62 bits per heavy atom. The third kappa shape index (κ3) is 3.90. The van der Waals surface area contributed by atoms with Crippen molar-refractivity contribution in [1.82, 2.24) is 9.97 Å². The molecule has 2 heteroatoms. The lowest BCUT2D eigenvalue weighted by molar-refractivity contribution is 0.392. The Bertz CT molecular complexity index is 436. The SMILES string of the molecule is CCCCC(C)(C)c1[nH]c(C(C)C)nc1C(C)(CC)CC. The lowest BCUT2D eigenvalue weighted by atomic mass is 9.74. The molecule has 1 N–H and O–H groups in total. The maximum absolute atomic E-state index is 5.04. The summed E-state index contributed by atoms with van der Waals surface area (Å²) in [7, 11) is 0. The molecule has 122 valence electrons. The van der Waals surface area contributed by atoms with Gasteiger partial charge in [-0.25, -0.2) is 4.98 Å². The zero-order valence-electron chi connectivity index (χ0n) is 15.6. The zero-order valence-corrected chi connectivity index (χ0v) is 15.6. The van der Waals surface area contributed by atoms with E-state index in [1.807, 2.05) is 0 Å².